The van der Waals surface area contributed by atoms with Gasteiger partial charge in [-0.3, -0.25) is 0 Å². The summed E-state index contributed by atoms with van der Waals surface area (Å²) in [6, 6.07) is 2.30. The lowest BCUT2D eigenvalue weighted by Crippen LogP contribution is -2.31. The summed E-state index contributed by atoms with van der Waals surface area (Å²) < 4.78 is 1.87. The van der Waals surface area contributed by atoms with Crippen molar-refractivity contribution in [1.82, 2.24) is 9.78 Å². The maximum absolute atomic E-state index is 8.70. The van der Waals surface area contributed by atoms with Crippen molar-refractivity contribution in [3.8, 4) is 6.07 Å². The zero-order valence-electron chi connectivity index (χ0n) is 10.4. The van der Waals surface area contributed by atoms with Crippen LogP contribution in [0, 0.1) is 18.3 Å². The lowest BCUT2D eigenvalue weighted by Gasteiger charge is -2.26. The summed E-state index contributed by atoms with van der Waals surface area (Å²) in [5.41, 5.74) is 7.55. The Labute approximate surface area is 96.5 Å². The van der Waals surface area contributed by atoms with Crippen LogP contribution in [-0.2, 0) is 6.54 Å². The standard InChI is InChI=1S/C11H19N5/c1-5-16-11(10(13)9(3)14-16)15(4)8(2)6-7-12/h8H,5-6,13H2,1-4H3. The molecule has 0 saturated heterocycles. The summed E-state index contributed by atoms with van der Waals surface area (Å²) in [6.45, 7) is 6.70. The highest BCUT2D eigenvalue weighted by molar-refractivity contribution is 5.66. The molecule has 1 rings (SSSR count). The fourth-order valence-corrected chi connectivity index (χ4v) is 1.65. The normalized spacial score (nSPS) is 12.2. The maximum Gasteiger partial charge on any atom is 0.150 e. The number of hydrogen-bond donors (Lipinski definition) is 1. The monoisotopic (exact) mass is 221 g/mol. The van der Waals surface area contributed by atoms with Gasteiger partial charge in [-0.15, -0.1) is 0 Å². The van der Waals surface area contributed by atoms with Crippen LogP contribution in [0.3, 0.4) is 0 Å². The van der Waals surface area contributed by atoms with Gasteiger partial charge in [0.15, 0.2) is 5.82 Å². The second-order valence-corrected chi connectivity index (χ2v) is 3.96. The molecule has 88 valence electrons. The van der Waals surface area contributed by atoms with E-state index in [1.807, 2.05) is 37.4 Å². The third kappa shape index (κ3) is 2.11. The third-order valence-electron chi connectivity index (χ3n) is 2.83. The topological polar surface area (TPSA) is 70.9 Å². The van der Waals surface area contributed by atoms with Crippen molar-refractivity contribution < 1.29 is 0 Å². The number of anilines is 2. The van der Waals surface area contributed by atoms with Gasteiger partial charge < -0.3 is 10.6 Å². The van der Waals surface area contributed by atoms with Gasteiger partial charge in [-0.25, -0.2) is 4.68 Å². The molecule has 0 aromatic carbocycles. The average Bonchev–Trinajstić information content (AvgIpc) is 2.54. The van der Waals surface area contributed by atoms with E-state index in [9.17, 15) is 0 Å². The van der Waals surface area contributed by atoms with Crippen LogP contribution >= 0.6 is 0 Å². The Hall–Kier alpha value is -1.70. The molecule has 0 aliphatic heterocycles. The van der Waals surface area contributed by atoms with E-state index in [1.54, 1.807) is 0 Å². The number of nitriles is 1. The Morgan fingerprint density at radius 3 is 2.75 bits per heavy atom. The highest BCUT2D eigenvalue weighted by Gasteiger charge is 2.19. The van der Waals surface area contributed by atoms with Gasteiger partial charge in [0.25, 0.3) is 0 Å². The molecule has 0 aliphatic carbocycles. The number of hydrogen-bond acceptors (Lipinski definition) is 4. The van der Waals surface area contributed by atoms with Crippen LogP contribution in [0.25, 0.3) is 0 Å². The molecule has 5 nitrogen and oxygen atoms in total. The van der Waals surface area contributed by atoms with E-state index >= 15 is 0 Å². The molecule has 1 atom stereocenters. The summed E-state index contributed by atoms with van der Waals surface area (Å²) in [5, 5.41) is 13.1. The first-order chi connectivity index (χ1) is 7.52. The zero-order chi connectivity index (χ0) is 12.3. The Morgan fingerprint density at radius 2 is 2.25 bits per heavy atom. The van der Waals surface area contributed by atoms with Crippen LogP contribution < -0.4 is 10.6 Å². The van der Waals surface area contributed by atoms with Gasteiger partial charge in [0.05, 0.1) is 23.9 Å². The van der Waals surface area contributed by atoms with Gasteiger partial charge in [0, 0.05) is 19.6 Å². The van der Waals surface area contributed by atoms with Crippen molar-refractivity contribution in [2.75, 3.05) is 17.7 Å². The molecule has 1 aromatic heterocycles. The smallest absolute Gasteiger partial charge is 0.150 e. The summed E-state index contributed by atoms with van der Waals surface area (Å²) in [4.78, 5) is 2.02. The maximum atomic E-state index is 8.70. The first-order valence-corrected chi connectivity index (χ1v) is 5.45. The Bertz CT molecular complexity index is 401. The first kappa shape index (κ1) is 12.4. The highest BCUT2D eigenvalue weighted by Crippen LogP contribution is 2.27. The quantitative estimate of drug-likeness (QED) is 0.837. The predicted molar refractivity (Wildman–Crippen MR) is 65.1 cm³/mol. The van der Waals surface area contributed by atoms with Crippen LogP contribution in [0.2, 0.25) is 0 Å². The first-order valence-electron chi connectivity index (χ1n) is 5.45. The molecule has 1 aromatic rings. The lowest BCUT2D eigenvalue weighted by atomic mass is 10.2. The Kier molecular flexibility index (Phi) is 3.78. The molecule has 5 heteroatoms. The van der Waals surface area contributed by atoms with Crippen molar-refractivity contribution in [2.45, 2.75) is 39.8 Å². The molecule has 1 unspecified atom stereocenters. The summed E-state index contributed by atoms with van der Waals surface area (Å²) in [5.74, 6) is 0.905. The van der Waals surface area contributed by atoms with E-state index in [0.717, 1.165) is 18.1 Å². The zero-order valence-corrected chi connectivity index (χ0v) is 10.4. The van der Waals surface area contributed by atoms with E-state index < -0.39 is 0 Å². The number of aryl methyl sites for hydroxylation is 2. The van der Waals surface area contributed by atoms with Gasteiger partial charge in [0.1, 0.15) is 0 Å². The highest BCUT2D eigenvalue weighted by atomic mass is 15.4. The van der Waals surface area contributed by atoms with Gasteiger partial charge in [-0.2, -0.15) is 10.4 Å². The van der Waals surface area contributed by atoms with Crippen molar-refractivity contribution in [3.05, 3.63) is 5.69 Å². The molecule has 16 heavy (non-hydrogen) atoms. The summed E-state index contributed by atoms with van der Waals surface area (Å²) in [7, 11) is 1.95. The molecule has 0 spiro atoms. The predicted octanol–water partition coefficient (Wildman–Crippen LogP) is 1.53. The van der Waals surface area contributed by atoms with E-state index in [0.29, 0.717) is 12.1 Å². The number of nitrogen functional groups attached to an aromatic ring is 1. The van der Waals surface area contributed by atoms with Crippen LogP contribution in [0.1, 0.15) is 26.0 Å². The Morgan fingerprint density at radius 1 is 1.62 bits per heavy atom. The number of nitrogens with zero attached hydrogens (tertiary/aromatic N) is 4. The largest absolute Gasteiger partial charge is 0.394 e. The van der Waals surface area contributed by atoms with Gasteiger partial charge in [-0.05, 0) is 20.8 Å². The van der Waals surface area contributed by atoms with Gasteiger partial charge in [0.2, 0.25) is 0 Å². The third-order valence-corrected chi connectivity index (χ3v) is 2.83. The molecule has 0 aliphatic rings. The van der Waals surface area contributed by atoms with Crippen LogP contribution in [-0.4, -0.2) is 22.9 Å². The molecule has 0 bridgehead atoms. The minimum absolute atomic E-state index is 0.133. The Balaban J connectivity index is 3.07. The van der Waals surface area contributed by atoms with Gasteiger partial charge in [-0.1, -0.05) is 0 Å². The van der Waals surface area contributed by atoms with E-state index in [-0.39, 0.29) is 6.04 Å². The number of rotatable bonds is 4. The minimum atomic E-state index is 0.133. The van der Waals surface area contributed by atoms with E-state index in [1.165, 1.54) is 0 Å². The van der Waals surface area contributed by atoms with Gasteiger partial charge >= 0.3 is 0 Å². The SMILES string of the molecule is CCn1nc(C)c(N)c1N(C)C(C)CC#N. The molecule has 2 N–H and O–H groups in total. The number of aromatic nitrogens is 2. The van der Waals surface area contributed by atoms with E-state index in [4.69, 9.17) is 11.0 Å². The summed E-state index contributed by atoms with van der Waals surface area (Å²) in [6.07, 6.45) is 0.476. The fraction of sp³-hybridized carbons (Fsp3) is 0.636. The fourth-order valence-electron chi connectivity index (χ4n) is 1.65. The van der Waals surface area contributed by atoms with Crippen LogP contribution in [0.4, 0.5) is 11.5 Å². The molecular weight excluding hydrogens is 202 g/mol. The second-order valence-electron chi connectivity index (χ2n) is 3.96. The van der Waals surface area contributed by atoms with Crippen molar-refractivity contribution in [2.24, 2.45) is 0 Å². The van der Waals surface area contributed by atoms with E-state index in [2.05, 4.69) is 11.2 Å². The minimum Gasteiger partial charge on any atom is -0.394 e. The van der Waals surface area contributed by atoms with Crippen molar-refractivity contribution in [1.29, 1.82) is 5.26 Å². The molecule has 1 heterocycles. The summed E-state index contributed by atoms with van der Waals surface area (Å²) >= 11 is 0. The molecular formula is C11H19N5. The lowest BCUT2D eigenvalue weighted by molar-refractivity contribution is 0.611. The molecule has 0 radical (unpaired) electrons. The van der Waals surface area contributed by atoms with Crippen molar-refractivity contribution in [3.63, 3.8) is 0 Å². The molecule has 0 fully saturated rings. The number of nitrogens with two attached hydrogens (primary N) is 1. The molecule has 0 amide bonds. The average molecular weight is 221 g/mol. The second kappa shape index (κ2) is 4.88. The van der Waals surface area contributed by atoms with Crippen LogP contribution in [0.15, 0.2) is 0 Å². The molecule has 0 saturated carbocycles. The van der Waals surface area contributed by atoms with Crippen LogP contribution in [0.5, 0.6) is 0 Å². The van der Waals surface area contributed by atoms with Crippen molar-refractivity contribution >= 4 is 11.5 Å².